The minimum atomic E-state index is -0.311. The van der Waals surface area contributed by atoms with Gasteiger partial charge in [-0.25, -0.2) is 0 Å². The number of hydrogen-bond donors (Lipinski definition) is 3. The maximum Gasteiger partial charge on any atom is 0.243 e. The zero-order valence-corrected chi connectivity index (χ0v) is 11.9. The van der Waals surface area contributed by atoms with E-state index in [0.29, 0.717) is 5.69 Å². The molecule has 0 aliphatic heterocycles. The van der Waals surface area contributed by atoms with Crippen molar-refractivity contribution in [3.63, 3.8) is 0 Å². The Bertz CT molecular complexity index is 410. The molecule has 0 aliphatic rings. The van der Waals surface area contributed by atoms with E-state index < -0.39 is 0 Å². The average molecular weight is 286 g/mol. The third-order valence-electron chi connectivity index (χ3n) is 2.68. The highest BCUT2D eigenvalue weighted by atomic mass is 35.5. The Balaban J connectivity index is 0.00000324. The molecule has 1 aromatic carbocycles. The molecule has 0 saturated carbocycles. The number of halogens is 1. The van der Waals surface area contributed by atoms with Gasteiger partial charge in [-0.05, 0) is 19.1 Å². The van der Waals surface area contributed by atoms with E-state index in [1.807, 2.05) is 18.2 Å². The number of anilines is 1. The number of rotatable bonds is 5. The zero-order chi connectivity index (χ0) is 13.5. The monoisotopic (exact) mass is 285 g/mol. The topological polar surface area (TPSA) is 84.2 Å². The van der Waals surface area contributed by atoms with Crippen molar-refractivity contribution in [1.29, 1.82) is 0 Å². The van der Waals surface area contributed by atoms with Crippen LogP contribution in [0.3, 0.4) is 0 Å². The molecular weight excluding hydrogens is 266 g/mol. The molecule has 4 N–H and O–H groups in total. The number of nitrogens with one attached hydrogen (secondary N) is 2. The van der Waals surface area contributed by atoms with E-state index in [9.17, 15) is 9.59 Å². The van der Waals surface area contributed by atoms with E-state index >= 15 is 0 Å². The largest absolute Gasteiger partial charge is 0.347 e. The summed E-state index contributed by atoms with van der Waals surface area (Å²) in [5.74, 6) is -0.783. The van der Waals surface area contributed by atoms with Crippen LogP contribution < -0.4 is 16.4 Å². The van der Waals surface area contributed by atoms with Crippen molar-refractivity contribution in [3.05, 3.63) is 30.3 Å². The lowest BCUT2D eigenvalue weighted by atomic mass is 10.0. The van der Waals surface area contributed by atoms with Gasteiger partial charge in [0, 0.05) is 17.6 Å². The lowest BCUT2D eigenvalue weighted by molar-refractivity contribution is -0.127. The third kappa shape index (κ3) is 6.22. The standard InChI is InChI=1S/C13H19N3O2.ClH/c1-9(10(2)14)13(18)15-8-12(17)16-11-6-4-3-5-7-11;/h3-7,9-10H,8,14H2,1-2H3,(H,15,18)(H,16,17);1H. The van der Waals surface area contributed by atoms with Crippen molar-refractivity contribution < 1.29 is 9.59 Å². The fraction of sp³-hybridized carbons (Fsp3) is 0.385. The molecule has 2 atom stereocenters. The molecule has 1 rings (SSSR count). The summed E-state index contributed by atoms with van der Waals surface area (Å²) < 4.78 is 0. The average Bonchev–Trinajstić information content (AvgIpc) is 2.36. The predicted molar refractivity (Wildman–Crippen MR) is 78.1 cm³/mol. The predicted octanol–water partition coefficient (Wildman–Crippen LogP) is 1.15. The molecule has 0 aromatic heterocycles. The van der Waals surface area contributed by atoms with Crippen LogP contribution in [0.1, 0.15) is 13.8 Å². The third-order valence-corrected chi connectivity index (χ3v) is 2.68. The van der Waals surface area contributed by atoms with Crippen molar-refractivity contribution in [2.24, 2.45) is 11.7 Å². The van der Waals surface area contributed by atoms with Gasteiger partial charge < -0.3 is 16.4 Å². The number of para-hydroxylation sites is 1. The van der Waals surface area contributed by atoms with Crippen molar-refractivity contribution in [3.8, 4) is 0 Å². The summed E-state index contributed by atoms with van der Waals surface area (Å²) in [5.41, 5.74) is 6.31. The van der Waals surface area contributed by atoms with E-state index in [1.54, 1.807) is 26.0 Å². The van der Waals surface area contributed by atoms with Crippen molar-refractivity contribution in [1.82, 2.24) is 5.32 Å². The number of amides is 2. The number of nitrogens with two attached hydrogens (primary N) is 1. The second-order valence-electron chi connectivity index (χ2n) is 4.28. The van der Waals surface area contributed by atoms with Gasteiger partial charge in [0.05, 0.1) is 6.54 Å². The second kappa shape index (κ2) is 8.50. The summed E-state index contributed by atoms with van der Waals surface area (Å²) in [5, 5.41) is 5.23. The normalized spacial score (nSPS) is 12.8. The van der Waals surface area contributed by atoms with Crippen LogP contribution >= 0.6 is 12.4 Å². The Morgan fingerprint density at radius 3 is 2.32 bits per heavy atom. The molecule has 0 bridgehead atoms. The van der Waals surface area contributed by atoms with Gasteiger partial charge >= 0.3 is 0 Å². The van der Waals surface area contributed by atoms with Crippen LogP contribution in [0.4, 0.5) is 5.69 Å². The first-order valence-electron chi connectivity index (χ1n) is 5.89. The molecule has 1 aromatic rings. The summed E-state index contributed by atoms with van der Waals surface area (Å²) in [6.07, 6.45) is 0. The molecule has 0 aliphatic carbocycles. The quantitative estimate of drug-likeness (QED) is 0.759. The first-order chi connectivity index (χ1) is 8.50. The van der Waals surface area contributed by atoms with E-state index in [0.717, 1.165) is 0 Å². The molecule has 0 radical (unpaired) electrons. The molecular formula is C13H20ClN3O2. The fourth-order valence-corrected chi connectivity index (χ4v) is 1.29. The maximum absolute atomic E-state index is 11.6. The molecule has 0 heterocycles. The zero-order valence-electron chi connectivity index (χ0n) is 11.1. The van der Waals surface area contributed by atoms with Gasteiger partial charge in [-0.1, -0.05) is 25.1 Å². The number of carbonyl (C=O) groups is 2. The Hall–Kier alpha value is -1.59. The Morgan fingerprint density at radius 1 is 1.21 bits per heavy atom. The summed E-state index contributed by atoms with van der Waals surface area (Å²) >= 11 is 0. The molecule has 0 saturated heterocycles. The van der Waals surface area contributed by atoms with E-state index in [1.165, 1.54) is 0 Å². The number of carbonyl (C=O) groups excluding carboxylic acids is 2. The lowest BCUT2D eigenvalue weighted by Crippen LogP contribution is -2.41. The highest BCUT2D eigenvalue weighted by Crippen LogP contribution is 2.04. The summed E-state index contributed by atoms with van der Waals surface area (Å²) in [7, 11) is 0. The fourth-order valence-electron chi connectivity index (χ4n) is 1.29. The number of benzene rings is 1. The van der Waals surface area contributed by atoms with Crippen LogP contribution in [-0.4, -0.2) is 24.4 Å². The molecule has 6 heteroatoms. The highest BCUT2D eigenvalue weighted by molar-refractivity contribution is 5.94. The maximum atomic E-state index is 11.6. The van der Waals surface area contributed by atoms with Crippen LogP contribution in [-0.2, 0) is 9.59 Å². The lowest BCUT2D eigenvalue weighted by Gasteiger charge is -2.15. The van der Waals surface area contributed by atoms with E-state index in [-0.39, 0.29) is 42.7 Å². The van der Waals surface area contributed by atoms with Crippen LogP contribution in [0.25, 0.3) is 0 Å². The van der Waals surface area contributed by atoms with Crippen molar-refractivity contribution in [2.75, 3.05) is 11.9 Å². The molecule has 106 valence electrons. The van der Waals surface area contributed by atoms with Gasteiger partial charge in [-0.3, -0.25) is 9.59 Å². The molecule has 5 nitrogen and oxygen atoms in total. The Kier molecular flexibility index (Phi) is 7.79. The van der Waals surface area contributed by atoms with Crippen LogP contribution in [0, 0.1) is 5.92 Å². The summed E-state index contributed by atoms with van der Waals surface area (Å²) in [6, 6.07) is 8.84. The first-order valence-corrected chi connectivity index (χ1v) is 5.89. The van der Waals surface area contributed by atoms with Gasteiger partial charge in [-0.2, -0.15) is 0 Å². The van der Waals surface area contributed by atoms with Crippen LogP contribution in [0.5, 0.6) is 0 Å². The Morgan fingerprint density at radius 2 is 1.79 bits per heavy atom. The minimum Gasteiger partial charge on any atom is -0.347 e. The SMILES string of the molecule is CC(N)C(C)C(=O)NCC(=O)Nc1ccccc1.Cl. The highest BCUT2D eigenvalue weighted by Gasteiger charge is 2.17. The molecule has 2 unspecified atom stereocenters. The summed E-state index contributed by atoms with van der Waals surface area (Å²) in [4.78, 5) is 23.1. The molecule has 19 heavy (non-hydrogen) atoms. The van der Waals surface area contributed by atoms with Gasteiger partial charge in [0.15, 0.2) is 0 Å². The van der Waals surface area contributed by atoms with Gasteiger partial charge in [0.2, 0.25) is 11.8 Å². The smallest absolute Gasteiger partial charge is 0.243 e. The van der Waals surface area contributed by atoms with Gasteiger partial charge in [0.1, 0.15) is 0 Å². The van der Waals surface area contributed by atoms with E-state index in [2.05, 4.69) is 10.6 Å². The van der Waals surface area contributed by atoms with Gasteiger partial charge in [0.25, 0.3) is 0 Å². The van der Waals surface area contributed by atoms with Gasteiger partial charge in [-0.15, -0.1) is 12.4 Å². The molecule has 0 fully saturated rings. The first kappa shape index (κ1) is 17.4. The second-order valence-corrected chi connectivity index (χ2v) is 4.28. The van der Waals surface area contributed by atoms with Crippen LogP contribution in [0.2, 0.25) is 0 Å². The summed E-state index contributed by atoms with van der Waals surface area (Å²) in [6.45, 7) is 3.44. The van der Waals surface area contributed by atoms with E-state index in [4.69, 9.17) is 5.73 Å². The number of hydrogen-bond acceptors (Lipinski definition) is 3. The van der Waals surface area contributed by atoms with Crippen molar-refractivity contribution in [2.45, 2.75) is 19.9 Å². The minimum absolute atomic E-state index is 0. The Labute approximate surface area is 119 Å². The molecule has 0 spiro atoms. The van der Waals surface area contributed by atoms with Crippen molar-refractivity contribution >= 4 is 29.9 Å². The molecule has 2 amide bonds. The van der Waals surface area contributed by atoms with Crippen LogP contribution in [0.15, 0.2) is 30.3 Å².